The number of fused-ring (bicyclic) bond motifs is 1. The SMILES string of the molecule is C[C@H]1C(=O)N2C[C@@H](N(C)C)C[C@H]2CN1C(=O)COc1ccc(F)cc1. The number of rotatable bonds is 4. The third-order valence-corrected chi connectivity index (χ3v) is 5.13. The minimum Gasteiger partial charge on any atom is -0.484 e. The number of hydrogen-bond donors (Lipinski definition) is 0. The summed E-state index contributed by atoms with van der Waals surface area (Å²) in [6.07, 6.45) is 0.869. The Hall–Kier alpha value is -2.15. The highest BCUT2D eigenvalue weighted by Crippen LogP contribution is 2.28. The number of likely N-dealkylation sites (N-methyl/N-ethyl adjacent to an activating group) is 1. The Kier molecular flexibility index (Phi) is 4.94. The standard InChI is InChI=1S/C18H24FN3O3/c1-12-18(24)22-9-14(20(2)3)8-15(22)10-21(12)17(23)11-25-16-6-4-13(19)5-7-16/h4-7,12,14-15H,8-11H2,1-3H3/t12-,14-,15-/m0/s1. The molecule has 2 saturated heterocycles. The molecular formula is C18H24FN3O3. The number of hydrogen-bond acceptors (Lipinski definition) is 4. The van der Waals surface area contributed by atoms with Gasteiger partial charge in [-0.15, -0.1) is 0 Å². The molecule has 2 fully saturated rings. The van der Waals surface area contributed by atoms with Crippen LogP contribution in [0.25, 0.3) is 0 Å². The van der Waals surface area contributed by atoms with Crippen LogP contribution in [-0.2, 0) is 9.59 Å². The van der Waals surface area contributed by atoms with Gasteiger partial charge in [0, 0.05) is 19.1 Å². The molecule has 1 aromatic rings. The van der Waals surface area contributed by atoms with E-state index in [9.17, 15) is 14.0 Å². The number of ether oxygens (including phenoxy) is 1. The molecule has 3 rings (SSSR count). The van der Waals surface area contributed by atoms with Crippen molar-refractivity contribution in [2.24, 2.45) is 0 Å². The molecule has 0 radical (unpaired) electrons. The number of carbonyl (C=O) groups is 2. The normalized spacial score (nSPS) is 26.1. The zero-order valence-corrected chi connectivity index (χ0v) is 14.8. The van der Waals surface area contributed by atoms with Crippen LogP contribution in [0, 0.1) is 5.82 Å². The maximum absolute atomic E-state index is 12.9. The number of nitrogens with zero attached hydrogens (tertiary/aromatic N) is 3. The van der Waals surface area contributed by atoms with E-state index in [-0.39, 0.29) is 30.3 Å². The second kappa shape index (κ2) is 7.00. The zero-order valence-electron chi connectivity index (χ0n) is 14.8. The van der Waals surface area contributed by atoms with Gasteiger partial charge in [0.2, 0.25) is 5.91 Å². The summed E-state index contributed by atoms with van der Waals surface area (Å²) in [5.41, 5.74) is 0. The topological polar surface area (TPSA) is 53.1 Å². The van der Waals surface area contributed by atoms with Crippen LogP contribution in [-0.4, -0.2) is 78.4 Å². The molecule has 2 aliphatic rings. The van der Waals surface area contributed by atoms with Gasteiger partial charge in [-0.1, -0.05) is 0 Å². The minimum atomic E-state index is -0.485. The van der Waals surface area contributed by atoms with E-state index in [1.807, 2.05) is 19.0 Å². The first-order valence-corrected chi connectivity index (χ1v) is 8.51. The first-order chi connectivity index (χ1) is 11.9. The Bertz CT molecular complexity index is 649. The van der Waals surface area contributed by atoms with Crippen LogP contribution in [0.2, 0.25) is 0 Å². The van der Waals surface area contributed by atoms with Gasteiger partial charge >= 0.3 is 0 Å². The van der Waals surface area contributed by atoms with E-state index < -0.39 is 6.04 Å². The fourth-order valence-electron chi connectivity index (χ4n) is 3.54. The van der Waals surface area contributed by atoms with Gasteiger partial charge < -0.3 is 19.4 Å². The Labute approximate surface area is 147 Å². The Morgan fingerprint density at radius 3 is 2.60 bits per heavy atom. The van der Waals surface area contributed by atoms with Gasteiger partial charge in [0.1, 0.15) is 17.6 Å². The van der Waals surface area contributed by atoms with Crippen molar-refractivity contribution in [3.8, 4) is 5.75 Å². The lowest BCUT2D eigenvalue weighted by Gasteiger charge is -2.41. The summed E-state index contributed by atoms with van der Waals surface area (Å²) in [6, 6.07) is 5.43. The number of carbonyl (C=O) groups excluding carboxylic acids is 2. The lowest BCUT2D eigenvalue weighted by atomic mass is 10.1. The fraction of sp³-hybridized carbons (Fsp3) is 0.556. The molecule has 7 heteroatoms. The van der Waals surface area contributed by atoms with Gasteiger partial charge in [0.05, 0.1) is 6.04 Å². The molecule has 0 saturated carbocycles. The predicted octanol–water partition coefficient (Wildman–Crippen LogP) is 0.966. The van der Waals surface area contributed by atoms with Crippen molar-refractivity contribution >= 4 is 11.8 Å². The fourth-order valence-corrected chi connectivity index (χ4v) is 3.54. The second-order valence-electron chi connectivity index (χ2n) is 6.96. The van der Waals surface area contributed by atoms with Gasteiger partial charge in [-0.2, -0.15) is 0 Å². The summed E-state index contributed by atoms with van der Waals surface area (Å²) < 4.78 is 18.3. The predicted molar refractivity (Wildman–Crippen MR) is 90.7 cm³/mol. The van der Waals surface area contributed by atoms with Gasteiger partial charge in [-0.3, -0.25) is 9.59 Å². The highest BCUT2D eigenvalue weighted by molar-refractivity contribution is 5.89. The molecule has 0 spiro atoms. The molecule has 25 heavy (non-hydrogen) atoms. The molecule has 2 heterocycles. The molecule has 0 aromatic heterocycles. The number of halogens is 1. The van der Waals surface area contributed by atoms with E-state index in [0.717, 1.165) is 13.0 Å². The Balaban J connectivity index is 1.62. The van der Waals surface area contributed by atoms with Crippen molar-refractivity contribution < 1.29 is 18.7 Å². The summed E-state index contributed by atoms with van der Waals surface area (Å²) in [6.45, 7) is 2.85. The highest BCUT2D eigenvalue weighted by Gasteiger charge is 2.45. The van der Waals surface area contributed by atoms with E-state index >= 15 is 0 Å². The minimum absolute atomic E-state index is 0.00395. The van der Waals surface area contributed by atoms with Crippen molar-refractivity contribution in [2.45, 2.75) is 31.5 Å². The van der Waals surface area contributed by atoms with Crippen LogP contribution in [0.3, 0.4) is 0 Å². The molecule has 0 aliphatic carbocycles. The van der Waals surface area contributed by atoms with Gasteiger partial charge in [-0.25, -0.2) is 4.39 Å². The molecule has 136 valence electrons. The van der Waals surface area contributed by atoms with E-state index in [4.69, 9.17) is 4.74 Å². The van der Waals surface area contributed by atoms with Crippen molar-refractivity contribution in [2.75, 3.05) is 33.8 Å². The molecule has 0 bridgehead atoms. The molecular weight excluding hydrogens is 325 g/mol. The number of piperazine rings is 1. The largest absolute Gasteiger partial charge is 0.484 e. The second-order valence-corrected chi connectivity index (χ2v) is 6.96. The molecule has 6 nitrogen and oxygen atoms in total. The summed E-state index contributed by atoms with van der Waals surface area (Å²) in [5.74, 6) is -0.152. The summed E-state index contributed by atoms with van der Waals surface area (Å²) in [5, 5.41) is 0. The van der Waals surface area contributed by atoms with E-state index in [2.05, 4.69) is 4.90 Å². The van der Waals surface area contributed by atoms with E-state index in [0.29, 0.717) is 18.3 Å². The van der Waals surface area contributed by atoms with Crippen LogP contribution in [0.15, 0.2) is 24.3 Å². The van der Waals surface area contributed by atoms with E-state index in [1.165, 1.54) is 24.3 Å². The monoisotopic (exact) mass is 349 g/mol. The zero-order chi connectivity index (χ0) is 18.1. The van der Waals surface area contributed by atoms with Crippen LogP contribution < -0.4 is 4.74 Å². The van der Waals surface area contributed by atoms with Crippen molar-refractivity contribution in [1.82, 2.24) is 14.7 Å². The molecule has 0 N–H and O–H groups in total. The van der Waals surface area contributed by atoms with Crippen LogP contribution in [0.1, 0.15) is 13.3 Å². The van der Waals surface area contributed by atoms with Crippen LogP contribution in [0.5, 0.6) is 5.75 Å². The third-order valence-electron chi connectivity index (χ3n) is 5.13. The van der Waals surface area contributed by atoms with Gasteiger partial charge in [0.25, 0.3) is 5.91 Å². The smallest absolute Gasteiger partial charge is 0.261 e. The quantitative estimate of drug-likeness (QED) is 0.813. The first kappa shape index (κ1) is 17.7. The molecule has 1 aromatic carbocycles. The number of amides is 2. The summed E-state index contributed by atoms with van der Waals surface area (Å²) >= 11 is 0. The maximum Gasteiger partial charge on any atom is 0.261 e. The van der Waals surface area contributed by atoms with E-state index in [1.54, 1.807) is 11.8 Å². The maximum atomic E-state index is 12.9. The molecule has 0 unspecified atom stereocenters. The molecule has 2 aliphatic heterocycles. The lowest BCUT2D eigenvalue weighted by Crippen LogP contribution is -2.60. The van der Waals surface area contributed by atoms with Gasteiger partial charge in [0.15, 0.2) is 6.61 Å². The Morgan fingerprint density at radius 1 is 1.28 bits per heavy atom. The third kappa shape index (κ3) is 3.61. The number of benzene rings is 1. The van der Waals surface area contributed by atoms with Crippen molar-refractivity contribution in [1.29, 1.82) is 0 Å². The average Bonchev–Trinajstić information content (AvgIpc) is 3.02. The van der Waals surface area contributed by atoms with Crippen LogP contribution >= 0.6 is 0 Å². The Morgan fingerprint density at radius 2 is 1.96 bits per heavy atom. The van der Waals surface area contributed by atoms with Crippen LogP contribution in [0.4, 0.5) is 4.39 Å². The van der Waals surface area contributed by atoms with Crippen molar-refractivity contribution in [3.05, 3.63) is 30.1 Å². The molecule has 3 atom stereocenters. The average molecular weight is 349 g/mol. The highest BCUT2D eigenvalue weighted by atomic mass is 19.1. The summed E-state index contributed by atoms with van der Waals surface area (Å²) in [7, 11) is 4.02. The molecule has 2 amide bonds. The van der Waals surface area contributed by atoms with Gasteiger partial charge in [-0.05, 0) is 51.7 Å². The lowest BCUT2D eigenvalue weighted by molar-refractivity contribution is -0.153. The summed E-state index contributed by atoms with van der Waals surface area (Å²) in [4.78, 5) is 30.8. The van der Waals surface area contributed by atoms with Crippen molar-refractivity contribution in [3.63, 3.8) is 0 Å². The first-order valence-electron chi connectivity index (χ1n) is 8.51.